The molecule has 3 nitrogen and oxygen atoms in total. The maximum atomic E-state index is 11.8. The van der Waals surface area contributed by atoms with E-state index in [1.54, 1.807) is 7.11 Å². The molecule has 1 heterocycles. The minimum absolute atomic E-state index is 0.291. The quantitative estimate of drug-likeness (QED) is 0.689. The molecule has 1 rings (SSSR count). The Morgan fingerprint density at radius 3 is 2.86 bits per heavy atom. The third-order valence-corrected chi connectivity index (χ3v) is 2.64. The average Bonchev–Trinajstić information content (AvgIpc) is 2.51. The number of likely N-dealkylation sites (tertiary alicyclic amines) is 1. The molecular formula is C11H21NO2. The van der Waals surface area contributed by atoms with Crippen LogP contribution in [0.2, 0.25) is 0 Å². The fourth-order valence-corrected chi connectivity index (χ4v) is 2.00. The summed E-state index contributed by atoms with van der Waals surface area (Å²) in [7, 11) is 1.70. The molecule has 0 N–H and O–H groups in total. The highest BCUT2D eigenvalue weighted by Crippen LogP contribution is 2.19. The average molecular weight is 199 g/mol. The van der Waals surface area contributed by atoms with Gasteiger partial charge in [-0.3, -0.25) is 4.79 Å². The van der Waals surface area contributed by atoms with E-state index in [1.807, 2.05) is 4.90 Å². The second kappa shape index (κ2) is 5.35. The minimum Gasteiger partial charge on any atom is -0.383 e. The third kappa shape index (κ3) is 2.98. The molecule has 0 aliphatic carbocycles. The largest absolute Gasteiger partial charge is 0.383 e. The van der Waals surface area contributed by atoms with Gasteiger partial charge in [0.1, 0.15) is 0 Å². The highest BCUT2D eigenvalue weighted by atomic mass is 16.5. The molecule has 0 bridgehead atoms. The van der Waals surface area contributed by atoms with Crippen molar-refractivity contribution in [2.75, 3.05) is 20.3 Å². The van der Waals surface area contributed by atoms with Crippen LogP contribution in [-0.2, 0) is 9.53 Å². The van der Waals surface area contributed by atoms with E-state index in [4.69, 9.17) is 4.74 Å². The van der Waals surface area contributed by atoms with Gasteiger partial charge in [-0.25, -0.2) is 0 Å². The van der Waals surface area contributed by atoms with Crippen molar-refractivity contribution in [1.29, 1.82) is 0 Å². The van der Waals surface area contributed by atoms with Gasteiger partial charge < -0.3 is 9.64 Å². The van der Waals surface area contributed by atoms with Gasteiger partial charge in [-0.15, -0.1) is 0 Å². The lowest BCUT2D eigenvalue weighted by Crippen LogP contribution is -2.38. The van der Waals surface area contributed by atoms with E-state index >= 15 is 0 Å². The van der Waals surface area contributed by atoms with E-state index in [0.717, 1.165) is 19.4 Å². The Hall–Kier alpha value is -0.570. The number of carbonyl (C=O) groups is 1. The van der Waals surface area contributed by atoms with Gasteiger partial charge in [-0.2, -0.15) is 0 Å². The first-order valence-electron chi connectivity index (χ1n) is 5.43. The lowest BCUT2D eigenvalue weighted by molar-refractivity contribution is -0.133. The molecule has 1 aliphatic rings. The number of rotatable bonds is 4. The summed E-state index contributed by atoms with van der Waals surface area (Å²) < 4.78 is 5.12. The molecule has 0 unspecified atom stereocenters. The van der Waals surface area contributed by atoms with Crippen LogP contribution in [0.4, 0.5) is 0 Å². The second-order valence-corrected chi connectivity index (χ2v) is 4.44. The van der Waals surface area contributed by atoms with Crippen LogP contribution in [0.15, 0.2) is 0 Å². The van der Waals surface area contributed by atoms with Gasteiger partial charge in [0.25, 0.3) is 0 Å². The van der Waals surface area contributed by atoms with Gasteiger partial charge in [0, 0.05) is 20.1 Å². The smallest absolute Gasteiger partial charge is 0.223 e. The zero-order valence-corrected chi connectivity index (χ0v) is 9.45. The Bertz CT molecular complexity index is 192. The molecule has 3 heteroatoms. The number of carbonyl (C=O) groups excluding carboxylic acids is 1. The summed E-state index contributed by atoms with van der Waals surface area (Å²) >= 11 is 0. The molecule has 0 aromatic heterocycles. The lowest BCUT2D eigenvalue weighted by Gasteiger charge is -2.24. The number of amides is 1. The van der Waals surface area contributed by atoms with Crippen molar-refractivity contribution in [3.05, 3.63) is 0 Å². The van der Waals surface area contributed by atoms with Gasteiger partial charge >= 0.3 is 0 Å². The number of methoxy groups -OCH3 is 1. The SMILES string of the molecule is COC[C@@H]1CCCN1C(=O)CC(C)C. The molecule has 1 amide bonds. The van der Waals surface area contributed by atoms with Crippen LogP contribution in [0.3, 0.4) is 0 Å². The van der Waals surface area contributed by atoms with E-state index < -0.39 is 0 Å². The van der Waals surface area contributed by atoms with Crippen molar-refractivity contribution in [2.45, 2.75) is 39.2 Å². The Balaban J connectivity index is 2.44. The first-order valence-corrected chi connectivity index (χ1v) is 5.43. The van der Waals surface area contributed by atoms with Gasteiger partial charge in [0.2, 0.25) is 5.91 Å². The van der Waals surface area contributed by atoms with Crippen molar-refractivity contribution < 1.29 is 9.53 Å². The van der Waals surface area contributed by atoms with E-state index in [-0.39, 0.29) is 0 Å². The maximum absolute atomic E-state index is 11.8. The first-order chi connectivity index (χ1) is 6.65. The van der Waals surface area contributed by atoms with Crippen LogP contribution in [-0.4, -0.2) is 37.1 Å². The first kappa shape index (κ1) is 11.5. The van der Waals surface area contributed by atoms with Crippen molar-refractivity contribution in [3.8, 4) is 0 Å². The molecule has 0 spiro atoms. The lowest BCUT2D eigenvalue weighted by atomic mass is 10.1. The molecule has 0 aromatic rings. The minimum atomic E-state index is 0.291. The topological polar surface area (TPSA) is 29.5 Å². The Morgan fingerprint density at radius 2 is 2.29 bits per heavy atom. The van der Waals surface area contributed by atoms with Crippen LogP contribution in [0, 0.1) is 5.92 Å². The Morgan fingerprint density at radius 1 is 1.57 bits per heavy atom. The zero-order chi connectivity index (χ0) is 10.6. The molecular weight excluding hydrogens is 178 g/mol. The molecule has 0 aromatic carbocycles. The summed E-state index contributed by atoms with van der Waals surface area (Å²) in [5.74, 6) is 0.742. The fraction of sp³-hybridized carbons (Fsp3) is 0.909. The van der Waals surface area contributed by atoms with Gasteiger partial charge in [0.15, 0.2) is 0 Å². The van der Waals surface area contributed by atoms with Crippen LogP contribution in [0.25, 0.3) is 0 Å². The van der Waals surface area contributed by atoms with E-state index in [9.17, 15) is 4.79 Å². The molecule has 1 aliphatic heterocycles. The normalized spacial score (nSPS) is 22.0. The summed E-state index contributed by atoms with van der Waals surface area (Å²) in [6.45, 7) is 5.77. The van der Waals surface area contributed by atoms with Gasteiger partial charge in [-0.1, -0.05) is 13.8 Å². The van der Waals surface area contributed by atoms with Crippen molar-refractivity contribution >= 4 is 5.91 Å². The van der Waals surface area contributed by atoms with Crippen LogP contribution in [0.5, 0.6) is 0 Å². The monoisotopic (exact) mass is 199 g/mol. The van der Waals surface area contributed by atoms with Crippen LogP contribution >= 0.6 is 0 Å². The van der Waals surface area contributed by atoms with Crippen molar-refractivity contribution in [2.24, 2.45) is 5.92 Å². The van der Waals surface area contributed by atoms with Gasteiger partial charge in [0.05, 0.1) is 12.6 Å². The highest BCUT2D eigenvalue weighted by molar-refractivity contribution is 5.77. The zero-order valence-electron chi connectivity index (χ0n) is 9.45. The predicted molar refractivity (Wildman–Crippen MR) is 56.1 cm³/mol. The predicted octanol–water partition coefficient (Wildman–Crippen LogP) is 1.67. The summed E-state index contributed by atoms with van der Waals surface area (Å²) in [6.07, 6.45) is 2.88. The Labute approximate surface area is 86.4 Å². The molecule has 0 saturated carbocycles. The van der Waals surface area contributed by atoms with E-state index in [0.29, 0.717) is 30.9 Å². The maximum Gasteiger partial charge on any atom is 0.223 e. The third-order valence-electron chi connectivity index (χ3n) is 2.64. The highest BCUT2D eigenvalue weighted by Gasteiger charge is 2.28. The summed E-state index contributed by atoms with van der Waals surface area (Å²) in [5.41, 5.74) is 0. The molecule has 82 valence electrons. The number of hydrogen-bond donors (Lipinski definition) is 0. The van der Waals surface area contributed by atoms with E-state index in [2.05, 4.69) is 13.8 Å². The number of nitrogens with zero attached hydrogens (tertiary/aromatic N) is 1. The van der Waals surface area contributed by atoms with Gasteiger partial charge in [-0.05, 0) is 18.8 Å². The van der Waals surface area contributed by atoms with Crippen molar-refractivity contribution in [3.63, 3.8) is 0 Å². The summed E-state index contributed by atoms with van der Waals surface area (Å²) in [5, 5.41) is 0. The van der Waals surface area contributed by atoms with E-state index in [1.165, 1.54) is 0 Å². The fourth-order valence-electron chi connectivity index (χ4n) is 2.00. The van der Waals surface area contributed by atoms with Crippen LogP contribution < -0.4 is 0 Å². The van der Waals surface area contributed by atoms with Crippen LogP contribution in [0.1, 0.15) is 33.1 Å². The standard InChI is InChI=1S/C11H21NO2/c1-9(2)7-11(13)12-6-4-5-10(12)8-14-3/h9-10H,4-8H2,1-3H3/t10-/m0/s1. The summed E-state index contributed by atoms with van der Waals surface area (Å²) in [4.78, 5) is 13.8. The Kier molecular flexibility index (Phi) is 4.39. The summed E-state index contributed by atoms with van der Waals surface area (Å²) in [6, 6.07) is 0.325. The molecule has 1 atom stereocenters. The van der Waals surface area contributed by atoms with Crippen molar-refractivity contribution in [1.82, 2.24) is 4.90 Å². The second-order valence-electron chi connectivity index (χ2n) is 4.44. The molecule has 1 fully saturated rings. The molecule has 1 saturated heterocycles. The number of hydrogen-bond acceptors (Lipinski definition) is 2. The molecule has 0 radical (unpaired) electrons. The molecule has 14 heavy (non-hydrogen) atoms. The number of ether oxygens (including phenoxy) is 1.